The number of nitrogens with zero attached hydrogens (tertiary/aromatic N) is 2. The second-order valence-corrected chi connectivity index (χ2v) is 4.35. The maximum absolute atomic E-state index is 5.73. The lowest BCUT2D eigenvalue weighted by Crippen LogP contribution is -2.50. The van der Waals surface area contributed by atoms with Gasteiger partial charge in [-0.05, 0) is 19.1 Å². The first-order chi connectivity index (χ1) is 8.31. The summed E-state index contributed by atoms with van der Waals surface area (Å²) in [6.45, 7) is 3.93. The fourth-order valence-corrected chi connectivity index (χ4v) is 1.74. The average Bonchev–Trinajstić information content (AvgIpc) is 2.73. The van der Waals surface area contributed by atoms with Gasteiger partial charge in [-0.3, -0.25) is 0 Å². The van der Waals surface area contributed by atoms with Crippen molar-refractivity contribution in [1.29, 1.82) is 0 Å². The molecule has 0 atom stereocenters. The van der Waals surface area contributed by atoms with Gasteiger partial charge in [0, 0.05) is 13.1 Å². The lowest BCUT2D eigenvalue weighted by molar-refractivity contribution is 0.142. The van der Waals surface area contributed by atoms with Crippen molar-refractivity contribution in [2.24, 2.45) is 0 Å². The molecular formula is C13H15N3O. The molecule has 0 saturated carbocycles. The normalized spacial score (nSPS) is 15.6. The predicted octanol–water partition coefficient (Wildman–Crippen LogP) is 1.53. The van der Waals surface area contributed by atoms with Gasteiger partial charge >= 0.3 is 0 Å². The third-order valence-corrected chi connectivity index (χ3v) is 2.90. The molecular weight excluding hydrogens is 214 g/mol. The van der Waals surface area contributed by atoms with Crippen molar-refractivity contribution in [1.82, 2.24) is 15.1 Å². The van der Waals surface area contributed by atoms with Crippen molar-refractivity contribution in [2.45, 2.75) is 13.0 Å². The molecule has 0 amide bonds. The van der Waals surface area contributed by atoms with E-state index in [9.17, 15) is 0 Å². The van der Waals surface area contributed by atoms with Crippen LogP contribution >= 0.6 is 0 Å². The Morgan fingerprint density at radius 1 is 1.29 bits per heavy atom. The number of nitrogens with one attached hydrogen (secondary N) is 1. The molecule has 0 spiro atoms. The summed E-state index contributed by atoms with van der Waals surface area (Å²) in [5.74, 6) is 0.831. The maximum Gasteiger partial charge on any atom is 0.158 e. The lowest BCUT2D eigenvalue weighted by Gasteiger charge is -2.26. The van der Waals surface area contributed by atoms with Gasteiger partial charge < -0.3 is 10.1 Å². The second kappa shape index (κ2) is 4.22. The molecule has 1 aliphatic rings. The van der Waals surface area contributed by atoms with Crippen molar-refractivity contribution >= 4 is 0 Å². The Balaban J connectivity index is 1.76. The van der Waals surface area contributed by atoms with Gasteiger partial charge in [0.15, 0.2) is 5.75 Å². The topological polar surface area (TPSA) is 39.1 Å². The predicted molar refractivity (Wildman–Crippen MR) is 65.6 cm³/mol. The summed E-state index contributed by atoms with van der Waals surface area (Å²) < 4.78 is 7.56. The Morgan fingerprint density at radius 3 is 2.71 bits per heavy atom. The molecule has 1 fully saturated rings. The van der Waals surface area contributed by atoms with E-state index in [1.54, 1.807) is 6.20 Å². The van der Waals surface area contributed by atoms with E-state index in [1.807, 2.05) is 10.9 Å². The van der Waals surface area contributed by atoms with E-state index >= 15 is 0 Å². The third-order valence-electron chi connectivity index (χ3n) is 2.90. The van der Waals surface area contributed by atoms with E-state index in [1.165, 1.54) is 5.56 Å². The number of aryl methyl sites for hydroxylation is 1. The summed E-state index contributed by atoms with van der Waals surface area (Å²) in [7, 11) is 0. The number of aromatic nitrogens is 2. The van der Waals surface area contributed by atoms with E-state index < -0.39 is 0 Å². The highest BCUT2D eigenvalue weighted by atomic mass is 16.5. The first-order valence-electron chi connectivity index (χ1n) is 5.80. The number of rotatable bonds is 3. The van der Waals surface area contributed by atoms with Crippen LogP contribution in [-0.2, 0) is 0 Å². The Hall–Kier alpha value is -1.81. The zero-order chi connectivity index (χ0) is 11.7. The molecule has 1 saturated heterocycles. The Bertz CT molecular complexity index is 500. The molecule has 1 aromatic heterocycles. The van der Waals surface area contributed by atoms with E-state index in [0.29, 0.717) is 6.10 Å². The molecule has 17 heavy (non-hydrogen) atoms. The van der Waals surface area contributed by atoms with E-state index in [-0.39, 0.29) is 0 Å². The van der Waals surface area contributed by atoms with Gasteiger partial charge in [-0.25, -0.2) is 4.68 Å². The van der Waals surface area contributed by atoms with Gasteiger partial charge in [0.2, 0.25) is 0 Å². The van der Waals surface area contributed by atoms with Gasteiger partial charge in [0.05, 0.1) is 18.1 Å². The highest BCUT2D eigenvalue weighted by molar-refractivity contribution is 5.34. The first-order valence-corrected chi connectivity index (χ1v) is 5.80. The molecule has 0 bridgehead atoms. The number of hydrogen-bond donors (Lipinski definition) is 1. The van der Waals surface area contributed by atoms with Crippen LogP contribution in [0.5, 0.6) is 5.75 Å². The largest absolute Gasteiger partial charge is 0.484 e. The minimum absolute atomic E-state index is 0.297. The summed E-state index contributed by atoms with van der Waals surface area (Å²) in [5.41, 5.74) is 2.30. The fourth-order valence-electron chi connectivity index (χ4n) is 1.74. The quantitative estimate of drug-likeness (QED) is 0.867. The molecule has 0 radical (unpaired) electrons. The minimum atomic E-state index is 0.297. The zero-order valence-corrected chi connectivity index (χ0v) is 9.76. The summed E-state index contributed by atoms with van der Waals surface area (Å²) in [4.78, 5) is 0. The lowest BCUT2D eigenvalue weighted by atomic mass is 10.2. The average molecular weight is 229 g/mol. The van der Waals surface area contributed by atoms with E-state index in [4.69, 9.17) is 4.74 Å². The molecule has 4 heteroatoms. The van der Waals surface area contributed by atoms with Crippen LogP contribution in [0.4, 0.5) is 0 Å². The highest BCUT2D eigenvalue weighted by Crippen LogP contribution is 2.16. The van der Waals surface area contributed by atoms with Crippen molar-refractivity contribution in [3.63, 3.8) is 0 Å². The van der Waals surface area contributed by atoms with E-state index in [0.717, 1.165) is 24.5 Å². The van der Waals surface area contributed by atoms with Gasteiger partial charge in [0.1, 0.15) is 6.10 Å². The molecule has 0 aliphatic carbocycles. The summed E-state index contributed by atoms with van der Waals surface area (Å²) in [5, 5.41) is 7.47. The smallest absolute Gasteiger partial charge is 0.158 e. The van der Waals surface area contributed by atoms with Crippen LogP contribution in [0, 0.1) is 6.92 Å². The van der Waals surface area contributed by atoms with Crippen LogP contribution in [0.2, 0.25) is 0 Å². The monoisotopic (exact) mass is 229 g/mol. The van der Waals surface area contributed by atoms with Crippen molar-refractivity contribution in [3.05, 3.63) is 42.2 Å². The SMILES string of the molecule is Cc1ccc(-n2cc(OC3CNC3)cn2)cc1. The first kappa shape index (κ1) is 10.4. The summed E-state index contributed by atoms with van der Waals surface area (Å²) >= 11 is 0. The molecule has 2 heterocycles. The van der Waals surface area contributed by atoms with Crippen molar-refractivity contribution in [2.75, 3.05) is 13.1 Å². The molecule has 0 unspecified atom stereocenters. The Labute approximate surface area is 100 Å². The van der Waals surface area contributed by atoms with E-state index in [2.05, 4.69) is 41.6 Å². The van der Waals surface area contributed by atoms with Crippen LogP contribution in [0.25, 0.3) is 5.69 Å². The van der Waals surface area contributed by atoms with Gasteiger partial charge in [-0.15, -0.1) is 0 Å². The molecule has 1 aromatic carbocycles. The van der Waals surface area contributed by atoms with Gasteiger partial charge in [-0.2, -0.15) is 5.10 Å². The molecule has 1 N–H and O–H groups in total. The van der Waals surface area contributed by atoms with Crippen LogP contribution in [0.3, 0.4) is 0 Å². The molecule has 88 valence electrons. The zero-order valence-electron chi connectivity index (χ0n) is 9.76. The Kier molecular flexibility index (Phi) is 2.57. The standard InChI is InChI=1S/C13H15N3O/c1-10-2-4-11(5-3-10)16-9-13(8-15-16)17-12-6-14-7-12/h2-5,8-9,12,14H,6-7H2,1H3. The minimum Gasteiger partial charge on any atom is -0.484 e. The maximum atomic E-state index is 5.73. The Morgan fingerprint density at radius 2 is 2.06 bits per heavy atom. The van der Waals surface area contributed by atoms with Crippen molar-refractivity contribution < 1.29 is 4.74 Å². The number of benzene rings is 1. The van der Waals surface area contributed by atoms with Crippen LogP contribution < -0.4 is 10.1 Å². The molecule has 3 rings (SSSR count). The molecule has 1 aliphatic heterocycles. The van der Waals surface area contributed by atoms with Crippen molar-refractivity contribution in [3.8, 4) is 11.4 Å². The molecule has 4 nitrogen and oxygen atoms in total. The molecule has 2 aromatic rings. The summed E-state index contributed by atoms with van der Waals surface area (Å²) in [6.07, 6.45) is 3.98. The van der Waals surface area contributed by atoms with Crippen LogP contribution in [-0.4, -0.2) is 29.0 Å². The number of hydrogen-bond acceptors (Lipinski definition) is 3. The fraction of sp³-hybridized carbons (Fsp3) is 0.308. The number of ether oxygens (including phenoxy) is 1. The third kappa shape index (κ3) is 2.17. The summed E-state index contributed by atoms with van der Waals surface area (Å²) in [6, 6.07) is 8.26. The second-order valence-electron chi connectivity index (χ2n) is 4.35. The van der Waals surface area contributed by atoms with Crippen LogP contribution in [0.15, 0.2) is 36.7 Å². The van der Waals surface area contributed by atoms with Gasteiger partial charge in [0.25, 0.3) is 0 Å². The van der Waals surface area contributed by atoms with Gasteiger partial charge in [-0.1, -0.05) is 17.7 Å². The highest BCUT2D eigenvalue weighted by Gasteiger charge is 2.18. The van der Waals surface area contributed by atoms with Crippen LogP contribution in [0.1, 0.15) is 5.56 Å².